The Hall–Kier alpha value is -1.84. The number of aliphatic carboxylic acids is 1. The SMILES string of the molecule is Cc1[nH]nc2cc(C(C)C(=O)O)ccc12. The number of carboxylic acid groups (broad SMARTS) is 1. The molecular formula is C11H12N2O2. The molecule has 2 aromatic rings. The second kappa shape index (κ2) is 3.38. The van der Waals surface area contributed by atoms with Gasteiger partial charge in [0.1, 0.15) is 0 Å². The summed E-state index contributed by atoms with van der Waals surface area (Å²) in [5, 5.41) is 16.9. The van der Waals surface area contributed by atoms with Gasteiger partial charge in [-0.2, -0.15) is 5.10 Å². The first-order chi connectivity index (χ1) is 7.09. The highest BCUT2D eigenvalue weighted by Gasteiger charge is 2.14. The minimum absolute atomic E-state index is 0.494. The van der Waals surface area contributed by atoms with Crippen LogP contribution >= 0.6 is 0 Å². The van der Waals surface area contributed by atoms with Gasteiger partial charge in [-0.3, -0.25) is 9.89 Å². The van der Waals surface area contributed by atoms with Crippen LogP contribution in [0, 0.1) is 6.92 Å². The molecule has 1 heterocycles. The maximum atomic E-state index is 10.8. The van der Waals surface area contributed by atoms with Crippen molar-refractivity contribution in [3.8, 4) is 0 Å². The molecule has 4 heteroatoms. The smallest absolute Gasteiger partial charge is 0.310 e. The van der Waals surface area contributed by atoms with Gasteiger partial charge in [0, 0.05) is 11.1 Å². The van der Waals surface area contributed by atoms with Crippen molar-refractivity contribution in [2.45, 2.75) is 19.8 Å². The molecule has 0 saturated heterocycles. The summed E-state index contributed by atoms with van der Waals surface area (Å²) in [5.74, 6) is -1.31. The summed E-state index contributed by atoms with van der Waals surface area (Å²) in [5.41, 5.74) is 2.60. The van der Waals surface area contributed by atoms with Crippen LogP contribution in [0.3, 0.4) is 0 Å². The van der Waals surface area contributed by atoms with Gasteiger partial charge in [-0.25, -0.2) is 0 Å². The molecule has 0 radical (unpaired) electrons. The number of rotatable bonds is 2. The number of hydrogen-bond acceptors (Lipinski definition) is 2. The van der Waals surface area contributed by atoms with E-state index in [0.29, 0.717) is 0 Å². The molecule has 0 amide bonds. The average Bonchev–Trinajstić information content (AvgIpc) is 2.59. The second-order valence-electron chi connectivity index (χ2n) is 3.69. The van der Waals surface area contributed by atoms with Crippen LogP contribution in [0.4, 0.5) is 0 Å². The van der Waals surface area contributed by atoms with Gasteiger partial charge in [0.2, 0.25) is 0 Å². The lowest BCUT2D eigenvalue weighted by molar-refractivity contribution is -0.138. The molecule has 2 rings (SSSR count). The molecular weight excluding hydrogens is 192 g/mol. The number of aromatic nitrogens is 2. The number of carboxylic acids is 1. The van der Waals surface area contributed by atoms with Gasteiger partial charge in [-0.1, -0.05) is 12.1 Å². The quantitative estimate of drug-likeness (QED) is 0.786. The molecule has 4 nitrogen and oxygen atoms in total. The summed E-state index contributed by atoms with van der Waals surface area (Å²) in [6, 6.07) is 5.56. The molecule has 0 saturated carbocycles. The van der Waals surface area contributed by atoms with E-state index >= 15 is 0 Å². The number of nitrogens with one attached hydrogen (secondary N) is 1. The topological polar surface area (TPSA) is 66.0 Å². The zero-order valence-corrected chi connectivity index (χ0v) is 8.61. The minimum Gasteiger partial charge on any atom is -0.481 e. The molecule has 0 aliphatic carbocycles. The van der Waals surface area contributed by atoms with Gasteiger partial charge < -0.3 is 5.11 Å². The van der Waals surface area contributed by atoms with Crippen LogP contribution in [0.15, 0.2) is 18.2 Å². The van der Waals surface area contributed by atoms with Crippen molar-refractivity contribution in [3.05, 3.63) is 29.5 Å². The lowest BCUT2D eigenvalue weighted by atomic mass is 10.00. The molecule has 0 spiro atoms. The highest BCUT2D eigenvalue weighted by molar-refractivity contribution is 5.84. The van der Waals surface area contributed by atoms with E-state index in [1.165, 1.54) is 0 Å². The number of aromatic amines is 1. The molecule has 1 unspecified atom stereocenters. The number of carbonyl (C=O) groups is 1. The van der Waals surface area contributed by atoms with Crippen LogP contribution in [0.1, 0.15) is 24.1 Å². The summed E-state index contributed by atoms with van der Waals surface area (Å²) in [7, 11) is 0. The fraction of sp³-hybridized carbons (Fsp3) is 0.273. The molecule has 0 fully saturated rings. The fourth-order valence-corrected chi connectivity index (χ4v) is 1.57. The van der Waals surface area contributed by atoms with E-state index < -0.39 is 11.9 Å². The van der Waals surface area contributed by atoms with Crippen LogP contribution < -0.4 is 0 Å². The molecule has 1 atom stereocenters. The molecule has 1 aromatic carbocycles. The normalized spacial score (nSPS) is 12.9. The largest absolute Gasteiger partial charge is 0.481 e. The lowest BCUT2D eigenvalue weighted by Gasteiger charge is -2.05. The van der Waals surface area contributed by atoms with Gasteiger partial charge in [-0.05, 0) is 25.5 Å². The first-order valence-corrected chi connectivity index (χ1v) is 4.77. The Morgan fingerprint density at radius 2 is 2.27 bits per heavy atom. The maximum absolute atomic E-state index is 10.8. The number of fused-ring (bicyclic) bond motifs is 1. The van der Waals surface area contributed by atoms with Crippen LogP contribution in [0.2, 0.25) is 0 Å². The van der Waals surface area contributed by atoms with Crippen molar-refractivity contribution in [3.63, 3.8) is 0 Å². The van der Waals surface area contributed by atoms with E-state index in [-0.39, 0.29) is 0 Å². The maximum Gasteiger partial charge on any atom is 0.310 e. The number of nitrogens with zero attached hydrogens (tertiary/aromatic N) is 1. The standard InChI is InChI=1S/C11H12N2O2/c1-6(11(14)15)8-3-4-9-7(2)12-13-10(9)5-8/h3-6H,1-2H3,(H,12,13)(H,14,15). The first kappa shape index (κ1) is 9.71. The third-order valence-electron chi connectivity index (χ3n) is 2.64. The molecule has 1 aromatic heterocycles. The van der Waals surface area contributed by atoms with Crippen molar-refractivity contribution in [2.75, 3.05) is 0 Å². The fourth-order valence-electron chi connectivity index (χ4n) is 1.57. The van der Waals surface area contributed by atoms with Gasteiger partial charge in [-0.15, -0.1) is 0 Å². The van der Waals surface area contributed by atoms with Crippen molar-refractivity contribution < 1.29 is 9.90 Å². The Bertz CT molecular complexity index is 516. The van der Waals surface area contributed by atoms with E-state index in [1.807, 2.05) is 25.1 Å². The van der Waals surface area contributed by atoms with Crippen LogP contribution in [-0.4, -0.2) is 21.3 Å². The predicted octanol–water partition coefficient (Wildman–Crippen LogP) is 2.06. The van der Waals surface area contributed by atoms with Gasteiger partial charge >= 0.3 is 5.97 Å². The van der Waals surface area contributed by atoms with Crippen LogP contribution in [0.5, 0.6) is 0 Å². The van der Waals surface area contributed by atoms with E-state index in [1.54, 1.807) is 6.92 Å². The third-order valence-corrected chi connectivity index (χ3v) is 2.64. The van der Waals surface area contributed by atoms with E-state index in [2.05, 4.69) is 10.2 Å². The second-order valence-corrected chi connectivity index (χ2v) is 3.69. The van der Waals surface area contributed by atoms with Crippen molar-refractivity contribution in [1.82, 2.24) is 10.2 Å². The molecule has 2 N–H and O–H groups in total. The van der Waals surface area contributed by atoms with Gasteiger partial charge in [0.05, 0.1) is 11.4 Å². The van der Waals surface area contributed by atoms with Gasteiger partial charge in [0.15, 0.2) is 0 Å². The highest BCUT2D eigenvalue weighted by Crippen LogP contribution is 2.22. The zero-order chi connectivity index (χ0) is 11.0. The van der Waals surface area contributed by atoms with Crippen molar-refractivity contribution in [2.24, 2.45) is 0 Å². The average molecular weight is 204 g/mol. The van der Waals surface area contributed by atoms with Gasteiger partial charge in [0.25, 0.3) is 0 Å². The summed E-state index contributed by atoms with van der Waals surface area (Å²) in [4.78, 5) is 10.8. The van der Waals surface area contributed by atoms with Crippen molar-refractivity contribution >= 4 is 16.9 Å². The number of H-pyrrole nitrogens is 1. The van der Waals surface area contributed by atoms with E-state index in [9.17, 15) is 4.79 Å². The van der Waals surface area contributed by atoms with Crippen LogP contribution in [-0.2, 0) is 4.79 Å². The summed E-state index contributed by atoms with van der Waals surface area (Å²) in [6.45, 7) is 3.61. The first-order valence-electron chi connectivity index (χ1n) is 4.77. The lowest BCUT2D eigenvalue weighted by Crippen LogP contribution is -2.06. The Morgan fingerprint density at radius 1 is 1.53 bits per heavy atom. The zero-order valence-electron chi connectivity index (χ0n) is 8.61. The predicted molar refractivity (Wildman–Crippen MR) is 56.9 cm³/mol. The molecule has 0 aliphatic heterocycles. The minimum atomic E-state index is -0.818. The summed E-state index contributed by atoms with van der Waals surface area (Å²) < 4.78 is 0. The molecule has 0 aliphatic rings. The number of benzene rings is 1. The van der Waals surface area contributed by atoms with Crippen LogP contribution in [0.25, 0.3) is 10.9 Å². The number of hydrogen-bond donors (Lipinski definition) is 2. The summed E-state index contributed by atoms with van der Waals surface area (Å²) in [6.07, 6.45) is 0. The Balaban J connectivity index is 2.52. The Morgan fingerprint density at radius 3 is 2.93 bits per heavy atom. The number of aryl methyl sites for hydroxylation is 1. The Labute approximate surface area is 86.9 Å². The third kappa shape index (κ3) is 1.58. The van der Waals surface area contributed by atoms with Crippen molar-refractivity contribution in [1.29, 1.82) is 0 Å². The monoisotopic (exact) mass is 204 g/mol. The Kier molecular flexibility index (Phi) is 2.19. The highest BCUT2D eigenvalue weighted by atomic mass is 16.4. The van der Waals surface area contributed by atoms with E-state index in [4.69, 9.17) is 5.11 Å². The molecule has 78 valence electrons. The van der Waals surface area contributed by atoms with E-state index in [0.717, 1.165) is 22.2 Å². The molecule has 0 bridgehead atoms. The summed E-state index contributed by atoms with van der Waals surface area (Å²) >= 11 is 0. The molecule has 15 heavy (non-hydrogen) atoms.